The second-order valence-electron chi connectivity index (χ2n) is 2.98. The van der Waals surface area contributed by atoms with Gasteiger partial charge in [0.2, 0.25) is 0 Å². The van der Waals surface area contributed by atoms with Crippen LogP contribution in [0, 0.1) is 11.3 Å². The molecule has 0 saturated carbocycles. The zero-order valence-corrected chi connectivity index (χ0v) is 8.09. The fraction of sp³-hybridized carbons (Fsp3) is 0.333. The molecule has 0 aromatic carbocycles. The van der Waals surface area contributed by atoms with Crippen molar-refractivity contribution < 1.29 is 27.1 Å². The molecule has 0 aliphatic heterocycles. The number of aromatic nitrogens is 1. The number of alkyl halides is 5. The van der Waals surface area contributed by atoms with E-state index in [4.69, 9.17) is 10.4 Å². The highest BCUT2D eigenvalue weighted by Gasteiger charge is 2.35. The molecule has 0 spiro atoms. The smallest absolute Gasteiger partial charge is 0.390 e. The van der Waals surface area contributed by atoms with Crippen molar-refractivity contribution in [3.8, 4) is 6.07 Å². The lowest BCUT2D eigenvalue weighted by atomic mass is 10.1. The van der Waals surface area contributed by atoms with E-state index >= 15 is 0 Å². The minimum atomic E-state index is -4.86. The topological polar surface area (TPSA) is 56.9 Å². The Morgan fingerprint density at radius 3 is 2.35 bits per heavy atom. The van der Waals surface area contributed by atoms with Crippen molar-refractivity contribution in [3.63, 3.8) is 0 Å². The van der Waals surface area contributed by atoms with Gasteiger partial charge in [0.25, 0.3) is 6.43 Å². The lowest BCUT2D eigenvalue weighted by molar-refractivity contribution is -0.141. The Balaban J connectivity index is 3.52. The maximum atomic E-state index is 12.5. The molecule has 0 radical (unpaired) electrons. The summed E-state index contributed by atoms with van der Waals surface area (Å²) in [7, 11) is 0. The predicted molar refractivity (Wildman–Crippen MR) is 44.8 cm³/mol. The monoisotopic (exact) mass is 252 g/mol. The molecule has 0 aliphatic rings. The zero-order chi connectivity index (χ0) is 13.2. The first-order valence-corrected chi connectivity index (χ1v) is 4.21. The molecule has 8 heteroatoms. The summed E-state index contributed by atoms with van der Waals surface area (Å²) < 4.78 is 62.0. The van der Waals surface area contributed by atoms with Crippen molar-refractivity contribution in [2.45, 2.75) is 19.2 Å². The van der Waals surface area contributed by atoms with E-state index in [-0.39, 0.29) is 6.07 Å². The summed E-state index contributed by atoms with van der Waals surface area (Å²) in [4.78, 5) is 2.89. The standard InChI is InChI=1S/C9H5F5N2O/c10-8(11)7-4(2-15)1-6(9(12,13)14)16-5(7)3-17/h1,8,17H,3H2. The van der Waals surface area contributed by atoms with Gasteiger partial charge in [0.1, 0.15) is 5.69 Å². The van der Waals surface area contributed by atoms with Crippen LogP contribution in [0.5, 0.6) is 0 Å². The first-order valence-electron chi connectivity index (χ1n) is 4.21. The number of nitrogens with zero attached hydrogens (tertiary/aromatic N) is 2. The number of nitriles is 1. The van der Waals surface area contributed by atoms with Crippen LogP contribution in [0.15, 0.2) is 6.07 Å². The van der Waals surface area contributed by atoms with Crippen molar-refractivity contribution in [2.75, 3.05) is 0 Å². The normalized spacial score (nSPS) is 11.6. The van der Waals surface area contributed by atoms with Crippen LogP contribution in [0.3, 0.4) is 0 Å². The fourth-order valence-electron chi connectivity index (χ4n) is 1.21. The van der Waals surface area contributed by atoms with Crippen molar-refractivity contribution in [3.05, 3.63) is 28.6 Å². The van der Waals surface area contributed by atoms with Crippen LogP contribution in [0.1, 0.15) is 28.9 Å². The summed E-state index contributed by atoms with van der Waals surface area (Å²) in [6.45, 7) is -1.10. The van der Waals surface area contributed by atoms with Gasteiger partial charge in [0.05, 0.1) is 29.5 Å². The van der Waals surface area contributed by atoms with Gasteiger partial charge in [0, 0.05) is 0 Å². The van der Waals surface area contributed by atoms with E-state index in [1.54, 1.807) is 0 Å². The second-order valence-corrected chi connectivity index (χ2v) is 2.98. The number of halogens is 5. The molecule has 0 bridgehead atoms. The quantitative estimate of drug-likeness (QED) is 0.822. The Bertz CT molecular complexity index is 464. The molecule has 0 fully saturated rings. The summed E-state index contributed by atoms with van der Waals surface area (Å²) in [5.41, 5.74) is -4.14. The average molecular weight is 252 g/mol. The van der Waals surface area contributed by atoms with Gasteiger partial charge >= 0.3 is 6.18 Å². The first-order chi connectivity index (χ1) is 7.81. The van der Waals surface area contributed by atoms with Crippen LogP contribution in [-0.4, -0.2) is 10.1 Å². The van der Waals surface area contributed by atoms with Gasteiger partial charge in [-0.15, -0.1) is 0 Å². The number of hydrogen-bond acceptors (Lipinski definition) is 3. The van der Waals surface area contributed by atoms with Gasteiger partial charge in [0.15, 0.2) is 0 Å². The van der Waals surface area contributed by atoms with Gasteiger partial charge in [-0.25, -0.2) is 13.8 Å². The lowest BCUT2D eigenvalue weighted by Gasteiger charge is -2.12. The molecule has 0 atom stereocenters. The molecule has 1 N–H and O–H groups in total. The van der Waals surface area contributed by atoms with Crippen LogP contribution in [-0.2, 0) is 12.8 Å². The SMILES string of the molecule is N#Cc1cc(C(F)(F)F)nc(CO)c1C(F)F. The number of rotatable bonds is 2. The maximum absolute atomic E-state index is 12.5. The van der Waals surface area contributed by atoms with Crippen LogP contribution in [0.4, 0.5) is 22.0 Å². The molecule has 0 unspecified atom stereocenters. The van der Waals surface area contributed by atoms with Crippen molar-refractivity contribution >= 4 is 0 Å². The zero-order valence-electron chi connectivity index (χ0n) is 8.09. The third-order valence-electron chi connectivity index (χ3n) is 1.92. The molecule has 92 valence electrons. The van der Waals surface area contributed by atoms with Crippen LogP contribution in [0.25, 0.3) is 0 Å². The summed E-state index contributed by atoms with van der Waals surface area (Å²) in [6.07, 6.45) is -8.04. The molecule has 17 heavy (non-hydrogen) atoms. The largest absolute Gasteiger partial charge is 0.433 e. The van der Waals surface area contributed by atoms with E-state index in [0.717, 1.165) is 0 Å². The van der Waals surface area contributed by atoms with Gasteiger partial charge in [-0.1, -0.05) is 0 Å². The summed E-state index contributed by atoms with van der Waals surface area (Å²) in [5.74, 6) is 0. The Labute approximate surface area is 92.1 Å². The molecular formula is C9H5F5N2O. The molecule has 1 rings (SSSR count). The van der Waals surface area contributed by atoms with Crippen LogP contribution >= 0.6 is 0 Å². The minimum Gasteiger partial charge on any atom is -0.390 e. The number of pyridine rings is 1. The molecule has 0 amide bonds. The summed E-state index contributed by atoms with van der Waals surface area (Å²) in [6, 6.07) is 1.47. The third kappa shape index (κ3) is 2.68. The molecule has 0 saturated heterocycles. The number of aliphatic hydroxyl groups excluding tert-OH is 1. The Hall–Kier alpha value is -1.75. The molecular weight excluding hydrogens is 247 g/mol. The van der Waals surface area contributed by atoms with E-state index < -0.39 is 41.7 Å². The molecule has 1 aromatic rings. The van der Waals surface area contributed by atoms with Crippen molar-refractivity contribution in [1.82, 2.24) is 4.98 Å². The molecule has 1 heterocycles. The van der Waals surface area contributed by atoms with Crippen molar-refractivity contribution in [1.29, 1.82) is 5.26 Å². The van der Waals surface area contributed by atoms with Gasteiger partial charge in [-0.2, -0.15) is 18.4 Å². The van der Waals surface area contributed by atoms with Crippen molar-refractivity contribution in [2.24, 2.45) is 0 Å². The Kier molecular flexibility index (Phi) is 3.63. The highest BCUT2D eigenvalue weighted by molar-refractivity contribution is 5.42. The fourth-order valence-corrected chi connectivity index (χ4v) is 1.21. The number of hydrogen-bond donors (Lipinski definition) is 1. The van der Waals surface area contributed by atoms with E-state index in [1.807, 2.05) is 0 Å². The maximum Gasteiger partial charge on any atom is 0.433 e. The van der Waals surface area contributed by atoms with Crippen LogP contribution in [0.2, 0.25) is 0 Å². The molecule has 0 aliphatic carbocycles. The van der Waals surface area contributed by atoms with Gasteiger partial charge in [-0.05, 0) is 6.07 Å². The minimum absolute atomic E-state index is 0.237. The van der Waals surface area contributed by atoms with Gasteiger partial charge in [-0.3, -0.25) is 0 Å². The highest BCUT2D eigenvalue weighted by Crippen LogP contribution is 2.32. The van der Waals surface area contributed by atoms with E-state index in [1.165, 1.54) is 6.07 Å². The first kappa shape index (κ1) is 13.3. The summed E-state index contributed by atoms with van der Waals surface area (Å²) in [5, 5.41) is 17.2. The molecule has 1 aromatic heterocycles. The van der Waals surface area contributed by atoms with E-state index in [9.17, 15) is 22.0 Å². The Morgan fingerprint density at radius 1 is 1.41 bits per heavy atom. The second kappa shape index (κ2) is 4.63. The third-order valence-corrected chi connectivity index (χ3v) is 1.92. The Morgan fingerprint density at radius 2 is 2.00 bits per heavy atom. The lowest BCUT2D eigenvalue weighted by Crippen LogP contribution is -2.13. The van der Waals surface area contributed by atoms with E-state index in [0.29, 0.717) is 0 Å². The van der Waals surface area contributed by atoms with E-state index in [2.05, 4.69) is 4.98 Å². The van der Waals surface area contributed by atoms with Crippen LogP contribution < -0.4 is 0 Å². The van der Waals surface area contributed by atoms with Gasteiger partial charge < -0.3 is 5.11 Å². The predicted octanol–water partition coefficient (Wildman–Crippen LogP) is 2.40. The number of aliphatic hydroxyl groups is 1. The molecule has 3 nitrogen and oxygen atoms in total. The highest BCUT2D eigenvalue weighted by atomic mass is 19.4. The average Bonchev–Trinajstić information content (AvgIpc) is 2.25. The summed E-state index contributed by atoms with van der Waals surface area (Å²) >= 11 is 0.